The molecule has 1 saturated carbocycles. The Morgan fingerprint density at radius 1 is 1.19 bits per heavy atom. The second-order valence-electron chi connectivity index (χ2n) is 8.84. The molecule has 8 nitrogen and oxygen atoms in total. The van der Waals surface area contributed by atoms with Crippen molar-refractivity contribution in [1.29, 1.82) is 0 Å². The highest BCUT2D eigenvalue weighted by Gasteiger charge is 2.53. The highest BCUT2D eigenvalue weighted by Crippen LogP contribution is 2.50. The number of carbonyl (C=O) groups is 1. The van der Waals surface area contributed by atoms with Crippen molar-refractivity contribution in [2.75, 3.05) is 13.7 Å². The largest absolute Gasteiger partial charge is 0.497 e. The molecule has 0 radical (unpaired) electrons. The predicted molar refractivity (Wildman–Crippen MR) is 116 cm³/mol. The summed E-state index contributed by atoms with van der Waals surface area (Å²) in [5.74, 6) is 1.78. The van der Waals surface area contributed by atoms with E-state index in [1.165, 1.54) is 5.69 Å². The molecule has 1 fully saturated rings. The van der Waals surface area contributed by atoms with Crippen molar-refractivity contribution in [1.82, 2.24) is 29.4 Å². The fourth-order valence-electron chi connectivity index (χ4n) is 4.70. The fourth-order valence-corrected chi connectivity index (χ4v) is 4.70. The maximum Gasteiger partial charge on any atom is 0.233 e. The Bertz CT molecular complexity index is 1120. The third kappa shape index (κ3) is 3.12. The van der Waals surface area contributed by atoms with E-state index in [2.05, 4.69) is 24.0 Å². The lowest BCUT2D eigenvalue weighted by atomic mass is 9.92. The van der Waals surface area contributed by atoms with Gasteiger partial charge in [0.25, 0.3) is 0 Å². The van der Waals surface area contributed by atoms with Crippen LogP contribution < -0.4 is 4.74 Å². The first-order valence-corrected chi connectivity index (χ1v) is 10.8. The third-order valence-electron chi connectivity index (χ3n) is 6.67. The number of hydrogen-bond donors (Lipinski definition) is 0. The Morgan fingerprint density at radius 3 is 2.58 bits per heavy atom. The number of fused-ring (bicyclic) bond motifs is 1. The van der Waals surface area contributed by atoms with E-state index in [0.717, 1.165) is 47.7 Å². The third-order valence-corrected chi connectivity index (χ3v) is 6.67. The SMILES string of the molecule is COc1ccc(C2(C(=O)N3CCc4c(c(-c5nncn5C(C)C)nn4C)C3)CC2)cc1. The Hall–Kier alpha value is -3.16. The van der Waals surface area contributed by atoms with Gasteiger partial charge in [-0.1, -0.05) is 12.1 Å². The van der Waals surface area contributed by atoms with E-state index in [9.17, 15) is 4.79 Å². The Morgan fingerprint density at radius 2 is 1.94 bits per heavy atom. The van der Waals surface area contributed by atoms with Gasteiger partial charge in [0.2, 0.25) is 5.91 Å². The molecule has 162 valence electrons. The molecule has 2 aromatic heterocycles. The number of hydrogen-bond acceptors (Lipinski definition) is 5. The molecule has 3 aromatic rings. The summed E-state index contributed by atoms with van der Waals surface area (Å²) in [6, 6.07) is 8.16. The number of aryl methyl sites for hydroxylation is 1. The van der Waals surface area contributed by atoms with Crippen LogP contribution in [-0.4, -0.2) is 49.0 Å². The lowest BCUT2D eigenvalue weighted by molar-refractivity contribution is -0.134. The normalized spacial score (nSPS) is 17.0. The molecule has 3 heterocycles. The second-order valence-corrected chi connectivity index (χ2v) is 8.84. The second kappa shape index (κ2) is 7.21. The van der Waals surface area contributed by atoms with E-state index in [4.69, 9.17) is 9.84 Å². The molecule has 2 aliphatic rings. The van der Waals surface area contributed by atoms with Crippen LogP contribution in [0.15, 0.2) is 30.6 Å². The molecular formula is C23H28N6O2. The lowest BCUT2D eigenvalue weighted by Crippen LogP contribution is -2.42. The first-order valence-electron chi connectivity index (χ1n) is 10.8. The van der Waals surface area contributed by atoms with Gasteiger partial charge in [0.15, 0.2) is 5.82 Å². The fraction of sp³-hybridized carbons (Fsp3) is 0.478. The van der Waals surface area contributed by atoms with E-state index < -0.39 is 5.41 Å². The average Bonchev–Trinajstić information content (AvgIpc) is 3.33. The van der Waals surface area contributed by atoms with E-state index in [0.29, 0.717) is 13.1 Å². The van der Waals surface area contributed by atoms with Crippen LogP contribution in [0, 0.1) is 0 Å². The molecule has 0 bridgehead atoms. The van der Waals surface area contributed by atoms with Crippen LogP contribution in [0.4, 0.5) is 0 Å². The Kier molecular flexibility index (Phi) is 4.60. The number of ether oxygens (including phenoxy) is 1. The minimum atomic E-state index is -0.399. The molecule has 1 aliphatic heterocycles. The summed E-state index contributed by atoms with van der Waals surface area (Å²) in [6.07, 6.45) is 4.32. The molecule has 8 heteroatoms. The molecule has 0 atom stereocenters. The van der Waals surface area contributed by atoms with Gasteiger partial charge in [0.1, 0.15) is 17.8 Å². The summed E-state index contributed by atoms with van der Waals surface area (Å²) < 4.78 is 9.24. The minimum Gasteiger partial charge on any atom is -0.497 e. The van der Waals surface area contributed by atoms with E-state index >= 15 is 0 Å². The Labute approximate surface area is 181 Å². The summed E-state index contributed by atoms with van der Waals surface area (Å²) >= 11 is 0. The first kappa shape index (κ1) is 19.8. The molecule has 0 unspecified atom stereocenters. The van der Waals surface area contributed by atoms with Crippen LogP contribution >= 0.6 is 0 Å². The highest BCUT2D eigenvalue weighted by molar-refractivity contribution is 5.91. The number of benzene rings is 1. The predicted octanol–water partition coefficient (Wildman–Crippen LogP) is 2.88. The van der Waals surface area contributed by atoms with Crippen LogP contribution in [0.3, 0.4) is 0 Å². The van der Waals surface area contributed by atoms with Crippen LogP contribution in [0.2, 0.25) is 0 Å². The monoisotopic (exact) mass is 420 g/mol. The van der Waals surface area contributed by atoms with Gasteiger partial charge in [0, 0.05) is 43.9 Å². The standard InChI is InChI=1S/C23H28N6O2/c1-15(2)29-14-24-25-21(29)20-18-13-28(12-9-19(18)27(3)26-20)22(30)23(10-11-23)16-5-7-17(31-4)8-6-16/h5-8,14-15H,9-13H2,1-4H3. The van der Waals surface area contributed by atoms with Crippen molar-refractivity contribution >= 4 is 5.91 Å². The summed E-state index contributed by atoms with van der Waals surface area (Å²) in [4.78, 5) is 15.7. The van der Waals surface area contributed by atoms with Crippen LogP contribution in [0.5, 0.6) is 5.75 Å². The molecule has 5 rings (SSSR count). The average molecular weight is 421 g/mol. The molecule has 1 aromatic carbocycles. The van der Waals surface area contributed by atoms with Crippen molar-refractivity contribution in [2.45, 2.75) is 51.1 Å². The van der Waals surface area contributed by atoms with Gasteiger partial charge in [-0.05, 0) is 44.4 Å². The van der Waals surface area contributed by atoms with Gasteiger partial charge in [-0.2, -0.15) is 5.10 Å². The summed E-state index contributed by atoms with van der Waals surface area (Å²) in [7, 11) is 3.62. The number of carbonyl (C=O) groups excluding carboxylic acids is 1. The molecule has 0 saturated heterocycles. The number of aromatic nitrogens is 5. The van der Waals surface area contributed by atoms with E-state index in [1.807, 2.05) is 45.5 Å². The van der Waals surface area contributed by atoms with Crippen LogP contribution in [-0.2, 0) is 30.2 Å². The first-order chi connectivity index (χ1) is 14.9. The number of amides is 1. The molecular weight excluding hydrogens is 392 g/mol. The smallest absolute Gasteiger partial charge is 0.233 e. The van der Waals surface area contributed by atoms with Gasteiger partial charge in [-0.15, -0.1) is 10.2 Å². The zero-order valence-electron chi connectivity index (χ0n) is 18.5. The van der Waals surface area contributed by atoms with Crippen molar-refractivity contribution in [3.05, 3.63) is 47.4 Å². The maximum atomic E-state index is 13.7. The molecule has 1 aliphatic carbocycles. The molecule has 0 N–H and O–H groups in total. The highest BCUT2D eigenvalue weighted by atomic mass is 16.5. The molecule has 1 amide bonds. The molecule has 0 spiro atoms. The van der Waals surface area contributed by atoms with Gasteiger partial charge in [-0.3, -0.25) is 9.48 Å². The van der Waals surface area contributed by atoms with Gasteiger partial charge in [0.05, 0.1) is 12.5 Å². The van der Waals surface area contributed by atoms with Crippen LogP contribution in [0.25, 0.3) is 11.5 Å². The van der Waals surface area contributed by atoms with Gasteiger partial charge in [-0.25, -0.2) is 0 Å². The topological polar surface area (TPSA) is 78.1 Å². The zero-order valence-corrected chi connectivity index (χ0v) is 18.5. The van der Waals surface area contributed by atoms with Crippen molar-refractivity contribution in [2.24, 2.45) is 7.05 Å². The Balaban J connectivity index is 1.45. The van der Waals surface area contributed by atoms with E-state index in [1.54, 1.807) is 13.4 Å². The quantitative estimate of drug-likeness (QED) is 0.634. The van der Waals surface area contributed by atoms with E-state index in [-0.39, 0.29) is 11.9 Å². The minimum absolute atomic E-state index is 0.212. The number of rotatable bonds is 5. The summed E-state index contributed by atoms with van der Waals surface area (Å²) in [5.41, 5.74) is 3.77. The van der Waals surface area contributed by atoms with Crippen LogP contribution in [0.1, 0.15) is 49.6 Å². The maximum absolute atomic E-state index is 13.7. The lowest BCUT2D eigenvalue weighted by Gasteiger charge is -2.31. The van der Waals surface area contributed by atoms with Crippen molar-refractivity contribution < 1.29 is 9.53 Å². The van der Waals surface area contributed by atoms with Crippen molar-refractivity contribution in [3.8, 4) is 17.3 Å². The van der Waals surface area contributed by atoms with Gasteiger partial charge < -0.3 is 14.2 Å². The number of nitrogens with zero attached hydrogens (tertiary/aromatic N) is 6. The molecule has 31 heavy (non-hydrogen) atoms. The van der Waals surface area contributed by atoms with Gasteiger partial charge >= 0.3 is 0 Å². The van der Waals surface area contributed by atoms with Crippen molar-refractivity contribution in [3.63, 3.8) is 0 Å². The zero-order chi connectivity index (χ0) is 21.8. The summed E-state index contributed by atoms with van der Waals surface area (Å²) in [6.45, 7) is 5.47. The summed E-state index contributed by atoms with van der Waals surface area (Å²) in [5, 5.41) is 13.2. The number of methoxy groups -OCH3 is 1.